The van der Waals surface area contributed by atoms with Gasteiger partial charge in [-0.05, 0) is 31.9 Å². The summed E-state index contributed by atoms with van der Waals surface area (Å²) in [5.41, 5.74) is 2.04. The van der Waals surface area contributed by atoms with Crippen LogP contribution in [0.1, 0.15) is 24.8 Å². The van der Waals surface area contributed by atoms with Crippen molar-refractivity contribution in [1.82, 2.24) is 4.90 Å². The summed E-state index contributed by atoms with van der Waals surface area (Å²) in [6.45, 7) is 4.23. The molecule has 0 unspecified atom stereocenters. The Morgan fingerprint density at radius 2 is 1.81 bits per heavy atom. The lowest BCUT2D eigenvalue weighted by Gasteiger charge is -2.26. The number of likely N-dealkylation sites (tertiary alicyclic amines) is 1. The van der Waals surface area contributed by atoms with Gasteiger partial charge < -0.3 is 14.9 Å². The Kier molecular flexibility index (Phi) is 5.20. The standard InChI is InChI=1S/C16H22N2O3/c1-13-4-6-14(7-5-13)18(11-8-16(20)21)12-15(19)17-9-2-3-10-17/h4-7H,2-3,8-12H2,1H3,(H,20,21). The smallest absolute Gasteiger partial charge is 0.305 e. The van der Waals surface area contributed by atoms with Crippen LogP contribution in [0.5, 0.6) is 0 Å². The zero-order valence-corrected chi connectivity index (χ0v) is 12.4. The molecule has 1 fully saturated rings. The van der Waals surface area contributed by atoms with E-state index in [-0.39, 0.29) is 18.9 Å². The van der Waals surface area contributed by atoms with Crippen LogP contribution in [0.15, 0.2) is 24.3 Å². The number of hydrogen-bond acceptors (Lipinski definition) is 3. The number of carboxylic acids is 1. The number of rotatable bonds is 6. The molecule has 1 N–H and O–H groups in total. The summed E-state index contributed by atoms with van der Waals surface area (Å²) in [7, 11) is 0. The van der Waals surface area contributed by atoms with Gasteiger partial charge in [0.2, 0.25) is 5.91 Å². The first kappa shape index (κ1) is 15.4. The van der Waals surface area contributed by atoms with E-state index in [0.717, 1.165) is 37.2 Å². The van der Waals surface area contributed by atoms with Crippen LogP contribution in [-0.4, -0.2) is 48.1 Å². The summed E-state index contributed by atoms with van der Waals surface area (Å²) in [5.74, 6) is -0.765. The molecule has 0 atom stereocenters. The first-order valence-electron chi connectivity index (χ1n) is 7.37. The molecule has 0 saturated carbocycles. The topological polar surface area (TPSA) is 60.9 Å². The fourth-order valence-corrected chi connectivity index (χ4v) is 2.52. The molecule has 114 valence electrons. The van der Waals surface area contributed by atoms with Gasteiger partial charge in [-0.2, -0.15) is 0 Å². The van der Waals surface area contributed by atoms with Gasteiger partial charge in [-0.1, -0.05) is 17.7 Å². The minimum absolute atomic E-state index is 0.0289. The van der Waals surface area contributed by atoms with Crippen molar-refractivity contribution in [2.45, 2.75) is 26.2 Å². The summed E-state index contributed by atoms with van der Waals surface area (Å²) in [5, 5.41) is 8.88. The zero-order valence-electron chi connectivity index (χ0n) is 12.4. The predicted octanol–water partition coefficient (Wildman–Crippen LogP) is 1.90. The third-order valence-corrected chi connectivity index (χ3v) is 3.78. The number of amides is 1. The van der Waals surface area contributed by atoms with E-state index in [0.29, 0.717) is 6.54 Å². The van der Waals surface area contributed by atoms with Crippen LogP contribution >= 0.6 is 0 Å². The van der Waals surface area contributed by atoms with Gasteiger partial charge in [-0.15, -0.1) is 0 Å². The van der Waals surface area contributed by atoms with E-state index >= 15 is 0 Å². The minimum atomic E-state index is -0.847. The van der Waals surface area contributed by atoms with Gasteiger partial charge >= 0.3 is 5.97 Å². The number of aryl methyl sites for hydroxylation is 1. The molecule has 1 aliphatic heterocycles. The van der Waals surface area contributed by atoms with E-state index in [9.17, 15) is 9.59 Å². The maximum atomic E-state index is 12.3. The molecule has 5 heteroatoms. The minimum Gasteiger partial charge on any atom is -0.481 e. The van der Waals surface area contributed by atoms with E-state index in [2.05, 4.69) is 0 Å². The van der Waals surface area contributed by atoms with Crippen LogP contribution < -0.4 is 4.90 Å². The molecule has 0 bridgehead atoms. The van der Waals surface area contributed by atoms with Crippen molar-refractivity contribution in [3.8, 4) is 0 Å². The summed E-state index contributed by atoms with van der Waals surface area (Å²) in [6.07, 6.45) is 2.15. The second kappa shape index (κ2) is 7.11. The van der Waals surface area contributed by atoms with Crippen LogP contribution in [-0.2, 0) is 9.59 Å². The van der Waals surface area contributed by atoms with Gasteiger partial charge in [0, 0.05) is 25.3 Å². The third-order valence-electron chi connectivity index (χ3n) is 3.78. The highest BCUT2D eigenvalue weighted by molar-refractivity contribution is 5.82. The lowest BCUT2D eigenvalue weighted by Crippen LogP contribution is -2.39. The fraction of sp³-hybridized carbons (Fsp3) is 0.500. The molecule has 2 rings (SSSR count). The average Bonchev–Trinajstić information content (AvgIpc) is 2.98. The van der Waals surface area contributed by atoms with Crippen LogP contribution in [0, 0.1) is 6.92 Å². The highest BCUT2D eigenvalue weighted by Crippen LogP contribution is 2.17. The fourth-order valence-electron chi connectivity index (χ4n) is 2.52. The summed E-state index contributed by atoms with van der Waals surface area (Å²) in [4.78, 5) is 26.8. The van der Waals surface area contributed by atoms with Crippen molar-refractivity contribution in [2.75, 3.05) is 31.1 Å². The van der Waals surface area contributed by atoms with E-state index in [1.54, 1.807) is 0 Å². The molecule has 1 aromatic rings. The van der Waals surface area contributed by atoms with Gasteiger partial charge in [0.05, 0.1) is 13.0 Å². The number of carbonyl (C=O) groups excluding carboxylic acids is 1. The molecule has 1 amide bonds. The number of carboxylic acid groups (broad SMARTS) is 1. The first-order valence-corrected chi connectivity index (χ1v) is 7.37. The predicted molar refractivity (Wildman–Crippen MR) is 81.5 cm³/mol. The molecule has 0 aromatic heterocycles. The Balaban J connectivity index is 2.05. The highest BCUT2D eigenvalue weighted by Gasteiger charge is 2.21. The number of anilines is 1. The summed E-state index contributed by atoms with van der Waals surface area (Å²) >= 11 is 0. The Hall–Kier alpha value is -2.04. The molecule has 0 radical (unpaired) electrons. The van der Waals surface area contributed by atoms with Gasteiger partial charge in [0.1, 0.15) is 0 Å². The molecule has 1 aromatic carbocycles. The lowest BCUT2D eigenvalue weighted by atomic mass is 10.2. The number of aliphatic carboxylic acids is 1. The molecule has 21 heavy (non-hydrogen) atoms. The largest absolute Gasteiger partial charge is 0.481 e. The van der Waals surface area contributed by atoms with Gasteiger partial charge in [-0.25, -0.2) is 0 Å². The Bertz CT molecular complexity index is 493. The van der Waals surface area contributed by atoms with Gasteiger partial charge in [-0.3, -0.25) is 9.59 Å². The van der Waals surface area contributed by atoms with Crippen molar-refractivity contribution in [3.63, 3.8) is 0 Å². The molecule has 1 aliphatic rings. The van der Waals surface area contributed by atoms with Crippen molar-refractivity contribution in [2.24, 2.45) is 0 Å². The molecule has 1 heterocycles. The summed E-state index contributed by atoms with van der Waals surface area (Å²) < 4.78 is 0. The van der Waals surface area contributed by atoms with Crippen molar-refractivity contribution < 1.29 is 14.7 Å². The molecular weight excluding hydrogens is 268 g/mol. The zero-order chi connectivity index (χ0) is 15.2. The van der Waals surface area contributed by atoms with Crippen LogP contribution in [0.2, 0.25) is 0 Å². The molecule has 0 spiro atoms. The van der Waals surface area contributed by atoms with Crippen molar-refractivity contribution >= 4 is 17.6 Å². The third kappa shape index (κ3) is 4.48. The molecule has 0 aliphatic carbocycles. The monoisotopic (exact) mass is 290 g/mol. The normalized spacial score (nSPS) is 14.2. The summed E-state index contributed by atoms with van der Waals surface area (Å²) in [6, 6.07) is 7.83. The Morgan fingerprint density at radius 1 is 1.19 bits per heavy atom. The van der Waals surface area contributed by atoms with Crippen molar-refractivity contribution in [3.05, 3.63) is 29.8 Å². The van der Waals surface area contributed by atoms with Gasteiger partial charge in [0.25, 0.3) is 0 Å². The van der Waals surface area contributed by atoms with Crippen LogP contribution in [0.3, 0.4) is 0 Å². The average molecular weight is 290 g/mol. The molecule has 5 nitrogen and oxygen atoms in total. The molecular formula is C16H22N2O3. The highest BCUT2D eigenvalue weighted by atomic mass is 16.4. The maximum absolute atomic E-state index is 12.3. The number of carbonyl (C=O) groups is 2. The van der Waals surface area contributed by atoms with E-state index in [4.69, 9.17) is 5.11 Å². The quantitative estimate of drug-likeness (QED) is 0.869. The lowest BCUT2D eigenvalue weighted by molar-refractivity contribution is -0.137. The Labute approximate surface area is 125 Å². The molecule has 1 saturated heterocycles. The maximum Gasteiger partial charge on any atom is 0.305 e. The number of hydrogen-bond donors (Lipinski definition) is 1. The second-order valence-corrected chi connectivity index (χ2v) is 5.49. The number of nitrogens with zero attached hydrogens (tertiary/aromatic N) is 2. The van der Waals surface area contributed by atoms with Crippen molar-refractivity contribution in [1.29, 1.82) is 0 Å². The SMILES string of the molecule is Cc1ccc(N(CCC(=O)O)CC(=O)N2CCCC2)cc1. The first-order chi connectivity index (χ1) is 10.1. The van der Waals surface area contributed by atoms with Crippen LogP contribution in [0.25, 0.3) is 0 Å². The number of benzene rings is 1. The van der Waals surface area contributed by atoms with E-state index in [1.807, 2.05) is 41.0 Å². The Morgan fingerprint density at radius 3 is 2.38 bits per heavy atom. The van der Waals surface area contributed by atoms with E-state index < -0.39 is 5.97 Å². The van der Waals surface area contributed by atoms with E-state index in [1.165, 1.54) is 0 Å². The van der Waals surface area contributed by atoms with Crippen LogP contribution in [0.4, 0.5) is 5.69 Å². The van der Waals surface area contributed by atoms with Gasteiger partial charge in [0.15, 0.2) is 0 Å². The second-order valence-electron chi connectivity index (χ2n) is 5.49.